The lowest BCUT2D eigenvalue weighted by Gasteiger charge is -1.85. The molecule has 1 aromatic heterocycles. The molecule has 0 atom stereocenters. The molecule has 1 heterocycles. The van der Waals surface area contributed by atoms with Crippen molar-refractivity contribution >= 4 is 30.8 Å². The summed E-state index contributed by atoms with van der Waals surface area (Å²) < 4.78 is 0.164. The van der Waals surface area contributed by atoms with E-state index in [4.69, 9.17) is 5.11 Å². The molecule has 0 unspecified atom stereocenters. The first kappa shape index (κ1) is 7.36. The number of carbonyl (C=O) groups is 1. The van der Waals surface area contributed by atoms with Gasteiger partial charge in [0.15, 0.2) is 0 Å². The van der Waals surface area contributed by atoms with Crippen LogP contribution < -0.4 is 0 Å². The number of carboxylic acid groups (broad SMARTS) is 1. The highest BCUT2D eigenvalue weighted by Crippen LogP contribution is 2.10. The molecule has 0 aliphatic carbocycles. The van der Waals surface area contributed by atoms with E-state index in [1.807, 2.05) is 0 Å². The van der Waals surface area contributed by atoms with Gasteiger partial charge in [-0.3, -0.25) is 10.2 Å². The molecule has 0 aliphatic rings. The minimum atomic E-state index is -1.08. The van der Waals surface area contributed by atoms with Crippen molar-refractivity contribution in [2.45, 2.75) is 5.03 Å². The molecule has 1 aromatic rings. The molecule has 0 saturated heterocycles. The van der Waals surface area contributed by atoms with Gasteiger partial charge in [-0.25, -0.2) is 4.79 Å². The van der Waals surface area contributed by atoms with E-state index in [1.165, 1.54) is 0 Å². The monoisotopic (exact) mass is 176 g/mol. The Balaban J connectivity index is 3.37. The molecule has 0 saturated carbocycles. The van der Waals surface area contributed by atoms with Gasteiger partial charge in [0.1, 0.15) is 15.2 Å². The van der Waals surface area contributed by atoms with Crippen molar-refractivity contribution < 1.29 is 9.90 Å². The lowest BCUT2D eigenvalue weighted by Crippen LogP contribution is -1.95. The first-order chi connectivity index (χ1) is 4.63. The number of aromatic amines is 2. The lowest BCUT2D eigenvalue weighted by molar-refractivity contribution is 0.0692. The van der Waals surface area contributed by atoms with Crippen molar-refractivity contribution in [1.82, 2.24) is 10.2 Å². The zero-order valence-electron chi connectivity index (χ0n) is 4.71. The van der Waals surface area contributed by atoms with Crippen LogP contribution in [0.4, 0.5) is 0 Å². The summed E-state index contributed by atoms with van der Waals surface area (Å²) in [5.74, 6) is -1.08. The molecule has 6 heteroatoms. The lowest BCUT2D eigenvalue weighted by atomic mass is 10.4. The summed E-state index contributed by atoms with van der Waals surface area (Å²) in [5, 5.41) is 13.7. The normalized spacial score (nSPS) is 9.70. The molecule has 54 valence electrons. The second-order valence-corrected chi connectivity index (χ2v) is 2.46. The topological polar surface area (TPSA) is 68.9 Å². The largest absolute Gasteiger partial charge is 0.477 e. The van der Waals surface area contributed by atoms with E-state index in [0.717, 1.165) is 0 Å². The van der Waals surface area contributed by atoms with E-state index in [0.29, 0.717) is 0 Å². The Labute approximate surface area is 66.7 Å². The van der Waals surface area contributed by atoms with Gasteiger partial charge >= 0.3 is 5.97 Å². The van der Waals surface area contributed by atoms with E-state index in [2.05, 4.69) is 35.0 Å². The van der Waals surface area contributed by atoms with E-state index >= 15 is 0 Å². The fraction of sp³-hybridized carbons (Fsp3) is 0. The second kappa shape index (κ2) is 2.47. The number of hydrogen-bond donors (Lipinski definition) is 4. The molecule has 0 spiro atoms. The van der Waals surface area contributed by atoms with Gasteiger partial charge in [0.2, 0.25) is 0 Å². The molecule has 0 radical (unpaired) electrons. The van der Waals surface area contributed by atoms with Crippen LogP contribution in [0.2, 0.25) is 0 Å². The van der Waals surface area contributed by atoms with Crippen LogP contribution in [0.25, 0.3) is 0 Å². The standard InChI is InChI=1S/C4H4N2O2S2/c7-4(8)1-2(9)5-6-3(1)10/h(H,7,8)(H3,5,6,9,10). The van der Waals surface area contributed by atoms with Crippen LogP contribution in [0.3, 0.4) is 0 Å². The fourth-order valence-electron chi connectivity index (χ4n) is 0.547. The summed E-state index contributed by atoms with van der Waals surface area (Å²) in [6, 6.07) is 0. The molecule has 0 aromatic carbocycles. The highest BCUT2D eigenvalue weighted by Gasteiger charge is 2.10. The van der Waals surface area contributed by atoms with Crippen molar-refractivity contribution in [2.75, 3.05) is 0 Å². The minimum Gasteiger partial charge on any atom is -0.477 e. The summed E-state index contributed by atoms with van der Waals surface area (Å²) in [7, 11) is 0. The van der Waals surface area contributed by atoms with Crippen LogP contribution in [0.15, 0.2) is 5.03 Å². The molecule has 0 bridgehead atoms. The Morgan fingerprint density at radius 3 is 2.40 bits per heavy atom. The summed E-state index contributed by atoms with van der Waals surface area (Å²) in [6.07, 6.45) is 0. The highest BCUT2D eigenvalue weighted by molar-refractivity contribution is 7.80. The minimum absolute atomic E-state index is 0.0123. The quantitative estimate of drug-likeness (QED) is 0.382. The Bertz CT molecular complexity index is 313. The number of aromatic nitrogens is 2. The smallest absolute Gasteiger partial charge is 0.341 e. The third-order valence-corrected chi connectivity index (χ3v) is 1.61. The summed E-state index contributed by atoms with van der Waals surface area (Å²) in [6.45, 7) is 0. The van der Waals surface area contributed by atoms with E-state index in [-0.39, 0.29) is 15.2 Å². The Kier molecular flexibility index (Phi) is 1.82. The van der Waals surface area contributed by atoms with Gasteiger partial charge in [-0.15, -0.1) is 12.6 Å². The van der Waals surface area contributed by atoms with E-state index < -0.39 is 5.97 Å². The number of aromatic carboxylic acids is 1. The van der Waals surface area contributed by atoms with E-state index in [1.54, 1.807) is 0 Å². The maximum atomic E-state index is 10.3. The Morgan fingerprint density at radius 1 is 1.60 bits per heavy atom. The maximum Gasteiger partial charge on any atom is 0.341 e. The molecule has 0 fully saturated rings. The number of rotatable bonds is 1. The second-order valence-electron chi connectivity index (χ2n) is 1.61. The van der Waals surface area contributed by atoms with Crippen molar-refractivity contribution in [2.24, 2.45) is 0 Å². The number of thiol groups is 1. The van der Waals surface area contributed by atoms with Crippen molar-refractivity contribution in [3.63, 3.8) is 0 Å². The van der Waals surface area contributed by atoms with Gasteiger partial charge in [-0.05, 0) is 0 Å². The third kappa shape index (κ3) is 1.07. The molecular weight excluding hydrogens is 172 g/mol. The van der Waals surface area contributed by atoms with Crippen LogP contribution in [0.1, 0.15) is 10.4 Å². The average molecular weight is 176 g/mol. The summed E-state index contributed by atoms with van der Waals surface area (Å²) >= 11 is 8.46. The van der Waals surface area contributed by atoms with Gasteiger partial charge in [-0.1, -0.05) is 12.2 Å². The number of H-pyrrole nitrogens is 2. The van der Waals surface area contributed by atoms with Crippen molar-refractivity contribution in [1.29, 1.82) is 0 Å². The molecule has 4 nitrogen and oxygen atoms in total. The molecule has 0 amide bonds. The number of carboxylic acids is 1. The molecule has 0 aliphatic heterocycles. The van der Waals surface area contributed by atoms with Gasteiger partial charge in [0.25, 0.3) is 0 Å². The predicted molar refractivity (Wildman–Crippen MR) is 40.2 cm³/mol. The van der Waals surface area contributed by atoms with Crippen molar-refractivity contribution in [3.05, 3.63) is 10.2 Å². The Morgan fingerprint density at radius 2 is 2.20 bits per heavy atom. The molecule has 3 N–H and O–H groups in total. The molecule has 10 heavy (non-hydrogen) atoms. The summed E-state index contributed by atoms with van der Waals surface area (Å²) in [5.41, 5.74) is 0.0123. The van der Waals surface area contributed by atoms with Gasteiger partial charge in [0.05, 0.1) is 0 Å². The number of nitrogens with one attached hydrogen (secondary N) is 2. The maximum absolute atomic E-state index is 10.3. The zero-order valence-corrected chi connectivity index (χ0v) is 6.42. The molecule has 1 rings (SSSR count). The number of hydrogen-bond acceptors (Lipinski definition) is 3. The van der Waals surface area contributed by atoms with Crippen molar-refractivity contribution in [3.8, 4) is 0 Å². The van der Waals surface area contributed by atoms with E-state index in [9.17, 15) is 4.79 Å². The first-order valence-corrected chi connectivity index (χ1v) is 3.21. The van der Waals surface area contributed by atoms with Crippen LogP contribution in [-0.2, 0) is 0 Å². The average Bonchev–Trinajstić information content (AvgIpc) is 2.11. The third-order valence-electron chi connectivity index (χ3n) is 0.972. The fourth-order valence-corrected chi connectivity index (χ4v) is 1.13. The van der Waals surface area contributed by atoms with Gasteiger partial charge < -0.3 is 5.11 Å². The predicted octanol–water partition coefficient (Wildman–Crippen LogP) is 1.06. The summed E-state index contributed by atoms with van der Waals surface area (Å²) in [4.78, 5) is 10.3. The van der Waals surface area contributed by atoms with Crippen LogP contribution in [-0.4, -0.2) is 21.3 Å². The van der Waals surface area contributed by atoms with Crippen LogP contribution in [0.5, 0.6) is 0 Å². The Hall–Kier alpha value is -0.750. The van der Waals surface area contributed by atoms with Gasteiger partial charge in [-0.2, -0.15) is 0 Å². The molecular formula is C4H4N2O2S2. The zero-order chi connectivity index (χ0) is 7.72. The van der Waals surface area contributed by atoms with Gasteiger partial charge in [0, 0.05) is 0 Å². The van der Waals surface area contributed by atoms with Crippen LogP contribution in [0, 0.1) is 4.64 Å². The highest BCUT2D eigenvalue weighted by atomic mass is 32.1. The van der Waals surface area contributed by atoms with Crippen LogP contribution >= 0.6 is 24.8 Å². The SMILES string of the molecule is O=C(O)c1c(S)[nH][nH]c1=S. The first-order valence-electron chi connectivity index (χ1n) is 2.36.